The SMILES string of the molecule is COc1ccccc1S(=O)(=O)Nc1cc2c(cc1Oc1cccc(OCc3ccccc3)c1)n(C)c(=O)n2C. The summed E-state index contributed by atoms with van der Waals surface area (Å²) in [6.45, 7) is 0.381. The third-order valence-corrected chi connectivity index (χ3v) is 7.66. The minimum absolute atomic E-state index is 0.0307. The molecule has 0 aliphatic rings. The lowest BCUT2D eigenvalue weighted by Crippen LogP contribution is -2.19. The van der Waals surface area contributed by atoms with Gasteiger partial charge in [0.15, 0.2) is 5.75 Å². The van der Waals surface area contributed by atoms with Crippen LogP contribution in [-0.2, 0) is 30.7 Å². The number of benzene rings is 4. The predicted molar refractivity (Wildman–Crippen MR) is 149 cm³/mol. The molecule has 1 N–H and O–H groups in total. The average molecular weight is 546 g/mol. The first-order chi connectivity index (χ1) is 18.8. The van der Waals surface area contributed by atoms with Crippen LogP contribution in [0.15, 0.2) is 101 Å². The van der Waals surface area contributed by atoms with Gasteiger partial charge in [-0.3, -0.25) is 13.9 Å². The van der Waals surface area contributed by atoms with E-state index in [9.17, 15) is 13.2 Å². The van der Waals surface area contributed by atoms with Gasteiger partial charge >= 0.3 is 5.69 Å². The zero-order chi connectivity index (χ0) is 27.6. The summed E-state index contributed by atoms with van der Waals surface area (Å²) in [4.78, 5) is 12.6. The van der Waals surface area contributed by atoms with Gasteiger partial charge in [0.25, 0.3) is 10.0 Å². The number of hydrogen-bond acceptors (Lipinski definition) is 6. The number of ether oxygens (including phenoxy) is 3. The van der Waals surface area contributed by atoms with Crippen molar-refractivity contribution in [1.82, 2.24) is 9.13 Å². The van der Waals surface area contributed by atoms with Crippen LogP contribution in [0.4, 0.5) is 5.69 Å². The van der Waals surface area contributed by atoms with Gasteiger partial charge in [-0.2, -0.15) is 0 Å². The maximum absolute atomic E-state index is 13.4. The number of anilines is 1. The van der Waals surface area contributed by atoms with Crippen LogP contribution in [0.2, 0.25) is 0 Å². The van der Waals surface area contributed by atoms with Gasteiger partial charge in [-0.05, 0) is 35.9 Å². The van der Waals surface area contributed by atoms with E-state index in [0.29, 0.717) is 29.1 Å². The van der Waals surface area contributed by atoms with E-state index in [1.807, 2.05) is 36.4 Å². The number of aryl methyl sites for hydroxylation is 2. The Morgan fingerprint density at radius 2 is 1.44 bits per heavy atom. The molecule has 5 rings (SSSR count). The molecule has 1 heterocycles. The Morgan fingerprint density at radius 3 is 2.18 bits per heavy atom. The summed E-state index contributed by atoms with van der Waals surface area (Å²) in [5.41, 5.74) is 2.04. The van der Waals surface area contributed by atoms with Crippen molar-refractivity contribution in [1.29, 1.82) is 0 Å². The average Bonchev–Trinajstić information content (AvgIpc) is 3.15. The molecule has 0 bridgehead atoms. The molecule has 1 aromatic heterocycles. The Morgan fingerprint density at radius 1 is 0.769 bits per heavy atom. The van der Waals surface area contributed by atoms with E-state index in [-0.39, 0.29) is 27.8 Å². The zero-order valence-corrected chi connectivity index (χ0v) is 22.4. The molecule has 4 aromatic carbocycles. The number of aromatic nitrogens is 2. The summed E-state index contributed by atoms with van der Waals surface area (Å²) in [6, 6.07) is 26.3. The second-order valence-corrected chi connectivity index (χ2v) is 10.5. The van der Waals surface area contributed by atoms with E-state index in [2.05, 4.69) is 4.72 Å². The molecule has 5 aromatic rings. The van der Waals surface area contributed by atoms with E-state index < -0.39 is 10.0 Å². The number of methoxy groups -OCH3 is 1. The minimum Gasteiger partial charge on any atom is -0.495 e. The maximum atomic E-state index is 13.4. The van der Waals surface area contributed by atoms with Crippen molar-refractivity contribution in [2.75, 3.05) is 11.8 Å². The molecule has 0 radical (unpaired) electrons. The Balaban J connectivity index is 1.52. The molecule has 0 saturated heterocycles. The van der Waals surface area contributed by atoms with Gasteiger partial charge in [-0.15, -0.1) is 0 Å². The molecule has 0 saturated carbocycles. The first-order valence-corrected chi connectivity index (χ1v) is 13.5. The van der Waals surface area contributed by atoms with E-state index in [1.54, 1.807) is 62.6 Å². The molecule has 9 nitrogen and oxygen atoms in total. The number of fused-ring (bicyclic) bond motifs is 1. The second kappa shape index (κ2) is 10.6. The number of rotatable bonds is 9. The molecular formula is C29H27N3O6S. The fourth-order valence-corrected chi connectivity index (χ4v) is 5.46. The van der Waals surface area contributed by atoms with Crippen LogP contribution in [0.1, 0.15) is 5.56 Å². The van der Waals surface area contributed by atoms with Crippen LogP contribution in [0.3, 0.4) is 0 Å². The molecule has 39 heavy (non-hydrogen) atoms. The van der Waals surface area contributed by atoms with Crippen molar-refractivity contribution >= 4 is 26.7 Å². The number of hydrogen-bond donors (Lipinski definition) is 1. The van der Waals surface area contributed by atoms with Crippen LogP contribution in [0, 0.1) is 0 Å². The van der Waals surface area contributed by atoms with Crippen molar-refractivity contribution in [2.45, 2.75) is 11.5 Å². The topological polar surface area (TPSA) is 101 Å². The number of nitrogens with zero attached hydrogens (tertiary/aromatic N) is 2. The lowest BCUT2D eigenvalue weighted by atomic mass is 10.2. The Hall–Kier alpha value is -4.70. The van der Waals surface area contributed by atoms with Gasteiger partial charge in [0.1, 0.15) is 28.8 Å². The molecular weight excluding hydrogens is 518 g/mol. The van der Waals surface area contributed by atoms with Crippen LogP contribution in [0.25, 0.3) is 11.0 Å². The normalized spacial score (nSPS) is 11.4. The second-order valence-electron chi connectivity index (χ2n) is 8.85. The quantitative estimate of drug-likeness (QED) is 0.278. The van der Waals surface area contributed by atoms with Crippen molar-refractivity contribution in [3.63, 3.8) is 0 Å². The smallest absolute Gasteiger partial charge is 0.328 e. The summed E-state index contributed by atoms with van der Waals surface area (Å²) >= 11 is 0. The summed E-state index contributed by atoms with van der Waals surface area (Å²) in [5, 5.41) is 0. The zero-order valence-electron chi connectivity index (χ0n) is 21.6. The number of sulfonamides is 1. The van der Waals surface area contributed by atoms with Crippen LogP contribution >= 0.6 is 0 Å². The van der Waals surface area contributed by atoms with E-state index in [0.717, 1.165) is 5.56 Å². The number of nitrogens with one attached hydrogen (secondary N) is 1. The Bertz CT molecular complexity index is 1810. The van der Waals surface area contributed by atoms with Gasteiger partial charge in [0.2, 0.25) is 0 Å². The Labute approximate surface area is 225 Å². The number of para-hydroxylation sites is 1. The fourth-order valence-electron chi connectivity index (χ4n) is 4.23. The van der Waals surface area contributed by atoms with Crippen molar-refractivity contribution < 1.29 is 22.6 Å². The van der Waals surface area contributed by atoms with Crippen LogP contribution in [0.5, 0.6) is 23.0 Å². The highest BCUT2D eigenvalue weighted by Gasteiger charge is 2.23. The third-order valence-electron chi connectivity index (χ3n) is 6.26. The van der Waals surface area contributed by atoms with Gasteiger partial charge in [-0.25, -0.2) is 13.2 Å². The molecule has 0 amide bonds. The van der Waals surface area contributed by atoms with Crippen molar-refractivity contribution in [3.05, 3.63) is 107 Å². The largest absolute Gasteiger partial charge is 0.495 e. The minimum atomic E-state index is -4.08. The highest BCUT2D eigenvalue weighted by Crippen LogP contribution is 2.37. The lowest BCUT2D eigenvalue weighted by molar-refractivity contribution is 0.304. The molecule has 200 valence electrons. The predicted octanol–water partition coefficient (Wildman–Crippen LogP) is 5.06. The highest BCUT2D eigenvalue weighted by molar-refractivity contribution is 7.92. The van der Waals surface area contributed by atoms with Crippen molar-refractivity contribution in [2.24, 2.45) is 14.1 Å². The lowest BCUT2D eigenvalue weighted by Gasteiger charge is -2.16. The van der Waals surface area contributed by atoms with Crippen LogP contribution < -0.4 is 24.6 Å². The molecule has 0 aliphatic heterocycles. The van der Waals surface area contributed by atoms with Gasteiger partial charge < -0.3 is 14.2 Å². The highest BCUT2D eigenvalue weighted by atomic mass is 32.2. The standard InChI is InChI=1S/C29H27N3O6S/c1-31-24-17-23(30-39(34,35)28-15-8-7-14-26(28)36-3)27(18-25(24)32(2)29(31)33)38-22-13-9-12-21(16-22)37-19-20-10-5-4-6-11-20/h4-18,30H,19H2,1-3H3. The molecule has 0 atom stereocenters. The molecule has 0 unspecified atom stereocenters. The Kier molecular flexibility index (Phi) is 7.03. The van der Waals surface area contributed by atoms with Gasteiger partial charge in [0.05, 0.1) is 23.8 Å². The third kappa shape index (κ3) is 5.32. The fraction of sp³-hybridized carbons (Fsp3) is 0.138. The van der Waals surface area contributed by atoms with Gasteiger partial charge in [0, 0.05) is 26.2 Å². The number of imidazole rings is 1. The van der Waals surface area contributed by atoms with E-state index >= 15 is 0 Å². The van der Waals surface area contributed by atoms with Crippen LogP contribution in [-0.4, -0.2) is 24.7 Å². The molecule has 0 aliphatic carbocycles. The first-order valence-electron chi connectivity index (χ1n) is 12.1. The molecule has 0 spiro atoms. The first kappa shape index (κ1) is 25.9. The van der Waals surface area contributed by atoms with Gasteiger partial charge in [-0.1, -0.05) is 48.5 Å². The van der Waals surface area contributed by atoms with Crippen molar-refractivity contribution in [3.8, 4) is 23.0 Å². The maximum Gasteiger partial charge on any atom is 0.328 e. The summed E-state index contributed by atoms with van der Waals surface area (Å²) in [5.74, 6) is 1.42. The summed E-state index contributed by atoms with van der Waals surface area (Å²) in [6.07, 6.45) is 0. The summed E-state index contributed by atoms with van der Waals surface area (Å²) < 4.78 is 49.7. The summed E-state index contributed by atoms with van der Waals surface area (Å²) in [7, 11) is 0.594. The monoisotopic (exact) mass is 545 g/mol. The molecule has 10 heteroatoms. The molecule has 0 fully saturated rings. The van der Waals surface area contributed by atoms with E-state index in [4.69, 9.17) is 14.2 Å². The van der Waals surface area contributed by atoms with E-state index in [1.165, 1.54) is 22.3 Å².